The minimum Gasteiger partial charge on any atom is -0.324 e. The smallest absolute Gasteiger partial charge is 0.194 e. The maximum atomic E-state index is 12.8. The van der Waals surface area contributed by atoms with E-state index in [1.165, 1.54) is 0 Å². The zero-order valence-electron chi connectivity index (χ0n) is 8.36. The molecular formula is C11H12F3N. The van der Waals surface area contributed by atoms with Gasteiger partial charge in [-0.25, -0.2) is 13.2 Å². The Morgan fingerprint density at radius 3 is 2.20 bits per heavy atom. The normalized spacial score (nSPS) is 12.6. The monoisotopic (exact) mass is 215 g/mol. The number of nitrogens with two attached hydrogens (primary N) is 1. The van der Waals surface area contributed by atoms with Gasteiger partial charge in [-0.1, -0.05) is 5.57 Å². The van der Waals surface area contributed by atoms with Crippen molar-refractivity contribution in [1.29, 1.82) is 0 Å². The number of hydrogen-bond donors (Lipinski definition) is 1. The summed E-state index contributed by atoms with van der Waals surface area (Å²) in [5.74, 6) is -3.91. The molecule has 0 fully saturated rings. The molecule has 0 radical (unpaired) electrons. The van der Waals surface area contributed by atoms with Crippen molar-refractivity contribution < 1.29 is 13.2 Å². The van der Waals surface area contributed by atoms with Crippen molar-refractivity contribution in [3.05, 3.63) is 47.3 Å². The van der Waals surface area contributed by atoms with Gasteiger partial charge in [-0.3, -0.25) is 0 Å². The van der Waals surface area contributed by atoms with E-state index in [4.69, 9.17) is 5.73 Å². The molecule has 1 atom stereocenters. The van der Waals surface area contributed by atoms with Crippen LogP contribution in [-0.2, 0) is 0 Å². The van der Waals surface area contributed by atoms with Crippen LogP contribution in [0.5, 0.6) is 0 Å². The van der Waals surface area contributed by atoms with Gasteiger partial charge in [-0.05, 0) is 31.0 Å². The minimum atomic E-state index is -1.47. The molecule has 4 heteroatoms. The zero-order valence-corrected chi connectivity index (χ0v) is 8.36. The maximum Gasteiger partial charge on any atom is 0.194 e. The topological polar surface area (TPSA) is 26.0 Å². The van der Waals surface area contributed by atoms with Crippen LogP contribution < -0.4 is 5.73 Å². The molecule has 15 heavy (non-hydrogen) atoms. The quantitative estimate of drug-likeness (QED) is 0.608. The Balaban J connectivity index is 3.00. The first kappa shape index (κ1) is 11.8. The highest BCUT2D eigenvalue weighted by Gasteiger charge is 2.14. The predicted molar refractivity (Wildman–Crippen MR) is 52.7 cm³/mol. The lowest BCUT2D eigenvalue weighted by Gasteiger charge is -2.12. The number of rotatable bonds is 3. The van der Waals surface area contributed by atoms with Gasteiger partial charge < -0.3 is 5.73 Å². The molecule has 0 amide bonds. The molecule has 0 aromatic heterocycles. The molecule has 1 aromatic carbocycles. The average molecular weight is 215 g/mol. The van der Waals surface area contributed by atoms with E-state index >= 15 is 0 Å². The molecule has 1 unspecified atom stereocenters. The summed E-state index contributed by atoms with van der Waals surface area (Å²) in [5.41, 5.74) is 6.70. The van der Waals surface area contributed by atoms with Crippen LogP contribution in [0.4, 0.5) is 13.2 Å². The highest BCUT2D eigenvalue weighted by Crippen LogP contribution is 2.21. The number of halogens is 3. The first-order chi connectivity index (χ1) is 6.91. The summed E-state index contributed by atoms with van der Waals surface area (Å²) in [4.78, 5) is 0. The Morgan fingerprint density at radius 1 is 1.33 bits per heavy atom. The summed E-state index contributed by atoms with van der Waals surface area (Å²) in [6.45, 7) is 5.40. The molecule has 0 bridgehead atoms. The summed E-state index contributed by atoms with van der Waals surface area (Å²) in [7, 11) is 0. The molecule has 1 nitrogen and oxygen atoms in total. The van der Waals surface area contributed by atoms with Crippen LogP contribution in [0.1, 0.15) is 24.9 Å². The highest BCUT2D eigenvalue weighted by molar-refractivity contribution is 5.23. The van der Waals surface area contributed by atoms with E-state index in [9.17, 15) is 13.2 Å². The molecule has 1 rings (SSSR count). The second kappa shape index (κ2) is 4.49. The third kappa shape index (κ3) is 2.83. The van der Waals surface area contributed by atoms with Gasteiger partial charge in [0.15, 0.2) is 17.5 Å². The minimum absolute atomic E-state index is 0.231. The van der Waals surface area contributed by atoms with E-state index in [-0.39, 0.29) is 5.56 Å². The van der Waals surface area contributed by atoms with Crippen molar-refractivity contribution in [1.82, 2.24) is 0 Å². The Bertz CT molecular complexity index is 364. The van der Waals surface area contributed by atoms with Crippen molar-refractivity contribution >= 4 is 0 Å². The van der Waals surface area contributed by atoms with Crippen LogP contribution >= 0.6 is 0 Å². The summed E-state index contributed by atoms with van der Waals surface area (Å²) in [6, 6.07) is 1.25. The first-order valence-electron chi connectivity index (χ1n) is 4.46. The molecule has 0 spiro atoms. The Morgan fingerprint density at radius 2 is 1.80 bits per heavy atom. The van der Waals surface area contributed by atoms with Gasteiger partial charge in [0, 0.05) is 6.04 Å². The molecule has 1 aromatic rings. The Kier molecular flexibility index (Phi) is 3.52. The van der Waals surface area contributed by atoms with Crippen molar-refractivity contribution in [3.63, 3.8) is 0 Å². The van der Waals surface area contributed by atoms with Crippen LogP contribution in [0.25, 0.3) is 0 Å². The van der Waals surface area contributed by atoms with Crippen molar-refractivity contribution in [3.8, 4) is 0 Å². The number of hydrogen-bond acceptors (Lipinski definition) is 1. The van der Waals surface area contributed by atoms with Crippen molar-refractivity contribution in [2.75, 3.05) is 0 Å². The lowest BCUT2D eigenvalue weighted by atomic mass is 10.0. The van der Waals surface area contributed by atoms with Gasteiger partial charge in [-0.15, -0.1) is 6.58 Å². The third-order valence-corrected chi connectivity index (χ3v) is 2.00. The summed E-state index contributed by atoms with van der Waals surface area (Å²) in [5, 5.41) is 0. The molecule has 0 aliphatic rings. The molecule has 0 aliphatic carbocycles. The van der Waals surface area contributed by atoms with Crippen LogP contribution in [-0.4, -0.2) is 0 Å². The van der Waals surface area contributed by atoms with Crippen LogP contribution in [0, 0.1) is 17.5 Å². The van der Waals surface area contributed by atoms with Gasteiger partial charge >= 0.3 is 0 Å². The standard InChI is InChI=1S/C11H12F3N/c1-6(2)3-10(15)7-4-8(12)11(14)9(13)5-7/h4-5,10H,1,3,15H2,2H3. The van der Waals surface area contributed by atoms with Gasteiger partial charge in [0.25, 0.3) is 0 Å². The van der Waals surface area contributed by atoms with Crippen molar-refractivity contribution in [2.24, 2.45) is 5.73 Å². The van der Waals surface area contributed by atoms with E-state index in [2.05, 4.69) is 6.58 Å². The molecule has 0 saturated heterocycles. The molecule has 0 heterocycles. The van der Waals surface area contributed by atoms with Crippen LogP contribution in [0.15, 0.2) is 24.3 Å². The Hall–Kier alpha value is -1.29. The van der Waals surface area contributed by atoms with E-state index < -0.39 is 23.5 Å². The third-order valence-electron chi connectivity index (χ3n) is 2.00. The lowest BCUT2D eigenvalue weighted by molar-refractivity contribution is 0.443. The van der Waals surface area contributed by atoms with Crippen LogP contribution in [0.3, 0.4) is 0 Å². The largest absolute Gasteiger partial charge is 0.324 e. The van der Waals surface area contributed by atoms with Gasteiger partial charge in [0.2, 0.25) is 0 Å². The maximum absolute atomic E-state index is 12.8. The number of benzene rings is 1. The summed E-state index contributed by atoms with van der Waals surface area (Å²) in [6.07, 6.45) is 0.407. The molecule has 0 aliphatic heterocycles. The van der Waals surface area contributed by atoms with Crippen LogP contribution in [0.2, 0.25) is 0 Å². The Labute approximate surface area is 86.4 Å². The molecule has 82 valence electrons. The summed E-state index contributed by atoms with van der Waals surface area (Å²) >= 11 is 0. The van der Waals surface area contributed by atoms with Gasteiger partial charge in [0.1, 0.15) is 0 Å². The zero-order chi connectivity index (χ0) is 11.6. The SMILES string of the molecule is C=C(C)CC(N)c1cc(F)c(F)c(F)c1. The van der Waals surface area contributed by atoms with Gasteiger partial charge in [-0.2, -0.15) is 0 Å². The lowest BCUT2D eigenvalue weighted by Crippen LogP contribution is -2.11. The fourth-order valence-electron chi connectivity index (χ4n) is 1.28. The van der Waals surface area contributed by atoms with E-state index in [1.54, 1.807) is 6.92 Å². The fourth-order valence-corrected chi connectivity index (χ4v) is 1.28. The second-order valence-electron chi connectivity index (χ2n) is 3.57. The van der Waals surface area contributed by atoms with E-state index in [0.717, 1.165) is 17.7 Å². The molecule has 0 saturated carbocycles. The summed E-state index contributed by atoms with van der Waals surface area (Å²) < 4.78 is 38.3. The van der Waals surface area contributed by atoms with Gasteiger partial charge in [0.05, 0.1) is 0 Å². The van der Waals surface area contributed by atoms with E-state index in [0.29, 0.717) is 6.42 Å². The highest BCUT2D eigenvalue weighted by atomic mass is 19.2. The average Bonchev–Trinajstić information content (AvgIpc) is 2.12. The first-order valence-corrected chi connectivity index (χ1v) is 4.46. The predicted octanol–water partition coefficient (Wildman–Crippen LogP) is 3.07. The molecular weight excluding hydrogens is 203 g/mol. The van der Waals surface area contributed by atoms with E-state index in [1.807, 2.05) is 0 Å². The molecule has 2 N–H and O–H groups in total. The fraction of sp³-hybridized carbons (Fsp3) is 0.273. The van der Waals surface area contributed by atoms with Crippen molar-refractivity contribution in [2.45, 2.75) is 19.4 Å². The second-order valence-corrected chi connectivity index (χ2v) is 3.57.